The Kier molecular flexibility index (Phi) is 4.16. The van der Waals surface area contributed by atoms with Crippen molar-refractivity contribution in [2.45, 2.75) is 26.0 Å². The molecule has 1 aliphatic rings. The number of rotatable bonds is 2. The van der Waals surface area contributed by atoms with Crippen molar-refractivity contribution in [3.8, 4) is 0 Å². The lowest BCUT2D eigenvalue weighted by atomic mass is 10.2. The van der Waals surface area contributed by atoms with Gasteiger partial charge in [-0.3, -0.25) is 0 Å². The fraction of sp³-hybridized carbons (Fsp3) is 0.889. The van der Waals surface area contributed by atoms with E-state index < -0.39 is 0 Å². The first-order valence-corrected chi connectivity index (χ1v) is 4.96. The van der Waals surface area contributed by atoms with Crippen LogP contribution in [0.15, 0.2) is 0 Å². The van der Waals surface area contributed by atoms with Gasteiger partial charge < -0.3 is 20.1 Å². The average molecular weight is 202 g/mol. The Hall–Kier alpha value is -0.810. The number of carbonyl (C=O) groups is 1. The molecule has 1 heterocycles. The molecule has 0 aromatic carbocycles. The number of nitrogens with zero attached hydrogens (tertiary/aromatic N) is 1. The molecule has 0 saturated carbocycles. The molecule has 2 amide bonds. The molecule has 0 radical (unpaired) electrons. The Morgan fingerprint density at radius 3 is 3.00 bits per heavy atom. The van der Waals surface area contributed by atoms with Gasteiger partial charge >= 0.3 is 6.03 Å². The van der Waals surface area contributed by atoms with Crippen LogP contribution in [0.4, 0.5) is 4.79 Å². The van der Waals surface area contributed by atoms with Gasteiger partial charge in [-0.15, -0.1) is 0 Å². The number of aliphatic hydroxyl groups is 1. The van der Waals surface area contributed by atoms with Gasteiger partial charge in [-0.05, 0) is 13.8 Å². The zero-order valence-electron chi connectivity index (χ0n) is 8.69. The van der Waals surface area contributed by atoms with Crippen molar-refractivity contribution < 1.29 is 14.6 Å². The molecule has 82 valence electrons. The van der Waals surface area contributed by atoms with Crippen LogP contribution < -0.4 is 5.32 Å². The minimum absolute atomic E-state index is 0.0391. The highest BCUT2D eigenvalue weighted by Crippen LogP contribution is 2.11. The van der Waals surface area contributed by atoms with Crippen LogP contribution in [0.2, 0.25) is 0 Å². The van der Waals surface area contributed by atoms with Crippen LogP contribution >= 0.6 is 0 Å². The molecule has 0 aromatic heterocycles. The van der Waals surface area contributed by atoms with Crippen molar-refractivity contribution in [1.29, 1.82) is 0 Å². The van der Waals surface area contributed by atoms with Crippen LogP contribution in [-0.2, 0) is 4.74 Å². The molecule has 2 atom stereocenters. The van der Waals surface area contributed by atoms with Crippen molar-refractivity contribution in [1.82, 2.24) is 10.2 Å². The summed E-state index contributed by atoms with van der Waals surface area (Å²) in [6.45, 7) is 5.34. The monoisotopic (exact) mass is 202 g/mol. The highest BCUT2D eigenvalue weighted by Gasteiger charge is 2.28. The maximum Gasteiger partial charge on any atom is 0.317 e. The van der Waals surface area contributed by atoms with E-state index in [4.69, 9.17) is 9.84 Å². The van der Waals surface area contributed by atoms with Gasteiger partial charge in [-0.25, -0.2) is 4.79 Å². The Balaban J connectivity index is 2.51. The van der Waals surface area contributed by atoms with Crippen molar-refractivity contribution in [3.05, 3.63) is 0 Å². The van der Waals surface area contributed by atoms with Crippen LogP contribution in [0, 0.1) is 0 Å². The maximum absolute atomic E-state index is 11.5. The second-order valence-electron chi connectivity index (χ2n) is 3.47. The van der Waals surface area contributed by atoms with Crippen LogP contribution in [0.3, 0.4) is 0 Å². The fourth-order valence-electron chi connectivity index (χ4n) is 1.46. The fourth-order valence-corrected chi connectivity index (χ4v) is 1.46. The standard InChI is InChI=1S/C9H18N2O3/c1-3-10-9(13)11-4-8(5-12)14-6-7(11)2/h7-8,12H,3-6H2,1-2H3,(H,10,13). The van der Waals surface area contributed by atoms with Gasteiger partial charge in [0.05, 0.1) is 31.9 Å². The van der Waals surface area contributed by atoms with E-state index in [9.17, 15) is 4.79 Å². The van der Waals surface area contributed by atoms with Crippen LogP contribution in [-0.4, -0.2) is 54.5 Å². The van der Waals surface area contributed by atoms with E-state index in [-0.39, 0.29) is 24.8 Å². The average Bonchev–Trinajstić information content (AvgIpc) is 2.19. The third-order valence-electron chi connectivity index (χ3n) is 2.30. The highest BCUT2D eigenvalue weighted by atomic mass is 16.5. The summed E-state index contributed by atoms with van der Waals surface area (Å²) < 4.78 is 5.33. The lowest BCUT2D eigenvalue weighted by Crippen LogP contribution is -2.55. The third-order valence-corrected chi connectivity index (χ3v) is 2.30. The second kappa shape index (κ2) is 5.17. The number of nitrogens with one attached hydrogen (secondary N) is 1. The molecule has 5 nitrogen and oxygen atoms in total. The van der Waals surface area contributed by atoms with Crippen LogP contribution in [0.5, 0.6) is 0 Å². The van der Waals surface area contributed by atoms with Crippen molar-refractivity contribution >= 4 is 6.03 Å². The number of carbonyl (C=O) groups excluding carboxylic acids is 1. The Bertz CT molecular complexity index is 198. The molecule has 2 N–H and O–H groups in total. The Morgan fingerprint density at radius 2 is 2.43 bits per heavy atom. The smallest absolute Gasteiger partial charge is 0.317 e. The molecular weight excluding hydrogens is 184 g/mol. The number of amides is 2. The maximum atomic E-state index is 11.5. The topological polar surface area (TPSA) is 61.8 Å². The lowest BCUT2D eigenvalue weighted by molar-refractivity contribution is -0.0627. The van der Waals surface area contributed by atoms with Gasteiger partial charge in [0.15, 0.2) is 0 Å². The van der Waals surface area contributed by atoms with E-state index in [0.717, 1.165) is 0 Å². The van der Waals surface area contributed by atoms with Crippen molar-refractivity contribution in [2.75, 3.05) is 26.3 Å². The summed E-state index contributed by atoms with van der Waals surface area (Å²) in [6, 6.07) is -0.00824. The van der Waals surface area contributed by atoms with E-state index >= 15 is 0 Å². The first-order chi connectivity index (χ1) is 6.69. The highest BCUT2D eigenvalue weighted by molar-refractivity contribution is 5.74. The van der Waals surface area contributed by atoms with Gasteiger partial charge in [0.2, 0.25) is 0 Å². The number of hydrogen-bond acceptors (Lipinski definition) is 3. The van der Waals surface area contributed by atoms with E-state index in [1.165, 1.54) is 0 Å². The van der Waals surface area contributed by atoms with E-state index in [1.54, 1.807) is 4.90 Å². The lowest BCUT2D eigenvalue weighted by Gasteiger charge is -2.37. The quantitative estimate of drug-likeness (QED) is 0.651. The SMILES string of the molecule is CCNC(=O)N1CC(CO)OCC1C. The van der Waals surface area contributed by atoms with Gasteiger partial charge in [0.25, 0.3) is 0 Å². The predicted octanol–water partition coefficient (Wildman–Crippen LogP) is -0.203. The van der Waals surface area contributed by atoms with Gasteiger partial charge in [0.1, 0.15) is 0 Å². The summed E-state index contributed by atoms with van der Waals surface area (Å²) in [7, 11) is 0. The summed E-state index contributed by atoms with van der Waals surface area (Å²) in [5.41, 5.74) is 0. The first-order valence-electron chi connectivity index (χ1n) is 4.96. The summed E-state index contributed by atoms with van der Waals surface area (Å²) in [5, 5.41) is 11.7. The van der Waals surface area contributed by atoms with Crippen LogP contribution in [0.25, 0.3) is 0 Å². The minimum atomic E-state index is -0.242. The summed E-state index contributed by atoms with van der Waals surface area (Å²) in [6.07, 6.45) is -0.242. The molecule has 1 saturated heterocycles. The number of ether oxygens (including phenoxy) is 1. The zero-order valence-corrected chi connectivity index (χ0v) is 8.69. The molecule has 1 fully saturated rings. The van der Waals surface area contributed by atoms with E-state index in [2.05, 4.69) is 5.32 Å². The first kappa shape index (κ1) is 11.3. The number of urea groups is 1. The third kappa shape index (κ3) is 2.59. The van der Waals surface area contributed by atoms with Gasteiger partial charge in [-0.2, -0.15) is 0 Å². The van der Waals surface area contributed by atoms with Crippen molar-refractivity contribution in [2.24, 2.45) is 0 Å². The molecule has 14 heavy (non-hydrogen) atoms. The second-order valence-corrected chi connectivity index (χ2v) is 3.47. The van der Waals surface area contributed by atoms with Crippen LogP contribution in [0.1, 0.15) is 13.8 Å². The van der Waals surface area contributed by atoms with E-state index in [1.807, 2.05) is 13.8 Å². The molecule has 0 aromatic rings. The molecule has 1 aliphatic heterocycles. The molecule has 0 aliphatic carbocycles. The van der Waals surface area contributed by atoms with Gasteiger partial charge in [-0.1, -0.05) is 0 Å². The number of hydrogen-bond donors (Lipinski definition) is 2. The number of aliphatic hydroxyl groups excluding tert-OH is 1. The Labute approximate surface area is 84.0 Å². The molecular formula is C9H18N2O3. The summed E-state index contributed by atoms with van der Waals surface area (Å²) in [4.78, 5) is 13.2. The van der Waals surface area contributed by atoms with Gasteiger partial charge in [0, 0.05) is 6.54 Å². The largest absolute Gasteiger partial charge is 0.394 e. The molecule has 2 unspecified atom stereocenters. The Morgan fingerprint density at radius 1 is 1.71 bits per heavy atom. The zero-order chi connectivity index (χ0) is 10.6. The normalized spacial score (nSPS) is 27.5. The van der Waals surface area contributed by atoms with Crippen molar-refractivity contribution in [3.63, 3.8) is 0 Å². The predicted molar refractivity (Wildman–Crippen MR) is 52.1 cm³/mol. The molecule has 0 bridgehead atoms. The van der Waals surface area contributed by atoms with E-state index in [0.29, 0.717) is 19.7 Å². The minimum Gasteiger partial charge on any atom is -0.394 e. The number of morpholine rings is 1. The molecule has 5 heteroatoms. The molecule has 0 spiro atoms. The summed E-state index contributed by atoms with van der Waals surface area (Å²) in [5.74, 6) is 0. The molecule has 1 rings (SSSR count). The summed E-state index contributed by atoms with van der Waals surface area (Å²) >= 11 is 0.